The van der Waals surface area contributed by atoms with Crippen LogP contribution in [0.5, 0.6) is 0 Å². The molecular weight excluding hydrogens is 188 g/mol. The molecule has 0 atom stereocenters. The lowest BCUT2D eigenvalue weighted by Gasteiger charge is -2.32. The first-order valence-corrected chi connectivity index (χ1v) is 6.21. The third kappa shape index (κ3) is 5.50. The Bertz CT molecular complexity index is 154. The second-order valence-electron chi connectivity index (χ2n) is 4.72. The molecule has 0 aromatic heterocycles. The van der Waals surface area contributed by atoms with E-state index in [0.29, 0.717) is 6.10 Å². The van der Waals surface area contributed by atoms with Gasteiger partial charge in [0.25, 0.3) is 0 Å². The van der Waals surface area contributed by atoms with E-state index in [1.54, 1.807) is 0 Å². The number of likely N-dealkylation sites (N-methyl/N-ethyl adjacent to an activating group) is 1. The van der Waals surface area contributed by atoms with Crippen molar-refractivity contribution in [2.75, 3.05) is 46.9 Å². The van der Waals surface area contributed by atoms with E-state index >= 15 is 0 Å². The van der Waals surface area contributed by atoms with Gasteiger partial charge in [-0.25, -0.2) is 0 Å². The monoisotopic (exact) mass is 214 g/mol. The molecule has 1 heterocycles. The van der Waals surface area contributed by atoms with Crippen LogP contribution in [0.3, 0.4) is 0 Å². The Hall–Kier alpha value is -0.120. The molecule has 0 aromatic carbocycles. The summed E-state index contributed by atoms with van der Waals surface area (Å²) in [5.41, 5.74) is 0. The predicted molar refractivity (Wildman–Crippen MR) is 64.3 cm³/mol. The molecule has 0 bridgehead atoms. The van der Waals surface area contributed by atoms with Crippen molar-refractivity contribution in [3.8, 4) is 0 Å². The zero-order valence-corrected chi connectivity index (χ0v) is 10.5. The summed E-state index contributed by atoms with van der Waals surface area (Å²) in [6.07, 6.45) is 4.10. The summed E-state index contributed by atoms with van der Waals surface area (Å²) in [7, 11) is 4.27. The van der Waals surface area contributed by atoms with Gasteiger partial charge in [0.1, 0.15) is 0 Å². The van der Waals surface area contributed by atoms with Crippen LogP contribution in [-0.2, 0) is 4.74 Å². The zero-order chi connectivity index (χ0) is 11.1. The number of nitrogens with zero attached hydrogens (tertiary/aromatic N) is 2. The average Bonchev–Trinajstić information content (AvgIpc) is 2.25. The van der Waals surface area contributed by atoms with Crippen LogP contribution in [0.4, 0.5) is 0 Å². The van der Waals surface area contributed by atoms with Crippen LogP contribution in [-0.4, -0.2) is 62.8 Å². The lowest BCUT2D eigenvalue weighted by molar-refractivity contribution is 0.00703. The Balaban J connectivity index is 2.07. The molecule has 0 radical (unpaired) electrons. The topological polar surface area (TPSA) is 15.7 Å². The van der Waals surface area contributed by atoms with Gasteiger partial charge >= 0.3 is 0 Å². The van der Waals surface area contributed by atoms with Crippen LogP contribution < -0.4 is 0 Å². The van der Waals surface area contributed by atoms with Crippen molar-refractivity contribution in [1.82, 2.24) is 9.80 Å². The second kappa shape index (κ2) is 7.20. The molecule has 1 rings (SSSR count). The van der Waals surface area contributed by atoms with Crippen LogP contribution in [0.1, 0.15) is 26.2 Å². The number of likely N-dealkylation sites (tertiary alicyclic amines) is 1. The predicted octanol–water partition coefficient (Wildman–Crippen LogP) is 1.44. The molecule has 1 fully saturated rings. The van der Waals surface area contributed by atoms with Crippen molar-refractivity contribution in [2.24, 2.45) is 0 Å². The van der Waals surface area contributed by atoms with Gasteiger partial charge < -0.3 is 14.5 Å². The molecule has 1 aliphatic rings. The van der Waals surface area contributed by atoms with Crippen LogP contribution in [0.2, 0.25) is 0 Å². The highest BCUT2D eigenvalue weighted by Crippen LogP contribution is 2.13. The van der Waals surface area contributed by atoms with Gasteiger partial charge in [0.2, 0.25) is 0 Å². The molecule has 0 amide bonds. The minimum absolute atomic E-state index is 0.528. The third-order valence-corrected chi connectivity index (χ3v) is 2.96. The first-order chi connectivity index (χ1) is 7.22. The first-order valence-electron chi connectivity index (χ1n) is 6.21. The number of piperidine rings is 1. The van der Waals surface area contributed by atoms with Gasteiger partial charge in [-0.2, -0.15) is 0 Å². The van der Waals surface area contributed by atoms with Crippen LogP contribution in [0, 0.1) is 0 Å². The number of hydrogen-bond acceptors (Lipinski definition) is 3. The third-order valence-electron chi connectivity index (χ3n) is 2.96. The Morgan fingerprint density at radius 3 is 2.47 bits per heavy atom. The van der Waals surface area contributed by atoms with Gasteiger partial charge in [0, 0.05) is 32.8 Å². The quantitative estimate of drug-likeness (QED) is 0.665. The summed E-state index contributed by atoms with van der Waals surface area (Å²) in [4.78, 5) is 4.80. The molecule has 0 unspecified atom stereocenters. The second-order valence-corrected chi connectivity index (χ2v) is 4.72. The van der Waals surface area contributed by atoms with E-state index < -0.39 is 0 Å². The fourth-order valence-corrected chi connectivity index (χ4v) is 1.93. The minimum Gasteiger partial charge on any atom is -0.378 e. The number of ether oxygens (including phenoxy) is 1. The highest BCUT2D eigenvalue weighted by Gasteiger charge is 2.18. The highest BCUT2D eigenvalue weighted by atomic mass is 16.5. The van der Waals surface area contributed by atoms with Crippen molar-refractivity contribution in [3.63, 3.8) is 0 Å². The van der Waals surface area contributed by atoms with Gasteiger partial charge in [-0.1, -0.05) is 6.92 Å². The molecule has 0 saturated carbocycles. The molecule has 1 saturated heterocycles. The maximum absolute atomic E-state index is 5.77. The molecular formula is C12H26N2O. The van der Waals surface area contributed by atoms with Gasteiger partial charge in [-0.3, -0.25) is 0 Å². The summed E-state index contributed by atoms with van der Waals surface area (Å²) < 4.78 is 5.77. The molecule has 0 aromatic rings. The Labute approximate surface area is 94.4 Å². The molecule has 1 aliphatic heterocycles. The molecule has 0 aliphatic carbocycles. The van der Waals surface area contributed by atoms with E-state index in [2.05, 4.69) is 30.8 Å². The number of rotatable bonds is 6. The number of hydrogen-bond donors (Lipinski definition) is 0. The van der Waals surface area contributed by atoms with E-state index in [9.17, 15) is 0 Å². The maximum Gasteiger partial charge on any atom is 0.0599 e. The Morgan fingerprint density at radius 2 is 1.93 bits per heavy atom. The smallest absolute Gasteiger partial charge is 0.0599 e. The summed E-state index contributed by atoms with van der Waals surface area (Å²) in [5, 5.41) is 0. The minimum atomic E-state index is 0.528. The molecule has 0 N–H and O–H groups in total. The molecule has 90 valence electrons. The Morgan fingerprint density at radius 1 is 1.27 bits per heavy atom. The highest BCUT2D eigenvalue weighted by molar-refractivity contribution is 4.72. The maximum atomic E-state index is 5.77. The molecule has 3 nitrogen and oxygen atoms in total. The van der Waals surface area contributed by atoms with E-state index in [4.69, 9.17) is 4.74 Å². The molecule has 0 spiro atoms. The summed E-state index contributed by atoms with van der Waals surface area (Å²) in [6, 6.07) is 0. The normalized spacial score (nSPS) is 20.0. The average molecular weight is 214 g/mol. The lowest BCUT2D eigenvalue weighted by Crippen LogP contribution is -2.40. The van der Waals surface area contributed by atoms with Gasteiger partial charge in [-0.05, 0) is 33.4 Å². The first kappa shape index (κ1) is 12.9. The van der Waals surface area contributed by atoms with Crippen LogP contribution >= 0.6 is 0 Å². The zero-order valence-electron chi connectivity index (χ0n) is 10.5. The van der Waals surface area contributed by atoms with E-state index in [0.717, 1.165) is 13.0 Å². The van der Waals surface area contributed by atoms with Gasteiger partial charge in [0.15, 0.2) is 0 Å². The van der Waals surface area contributed by atoms with Crippen molar-refractivity contribution in [2.45, 2.75) is 32.3 Å². The standard InChI is InChI=1S/C12H26N2O/c1-4-11-15-12-5-7-14(8-6-12)10-9-13(2)3/h12H,4-11H2,1-3H3. The van der Waals surface area contributed by atoms with Crippen molar-refractivity contribution in [3.05, 3.63) is 0 Å². The van der Waals surface area contributed by atoms with E-state index in [1.165, 1.54) is 39.0 Å². The summed E-state index contributed by atoms with van der Waals surface area (Å²) in [5.74, 6) is 0. The lowest BCUT2D eigenvalue weighted by atomic mass is 10.1. The fourth-order valence-electron chi connectivity index (χ4n) is 1.93. The fraction of sp³-hybridized carbons (Fsp3) is 1.00. The van der Waals surface area contributed by atoms with Gasteiger partial charge in [0.05, 0.1) is 6.10 Å². The van der Waals surface area contributed by atoms with E-state index in [1.807, 2.05) is 0 Å². The SMILES string of the molecule is CCCOC1CCN(CCN(C)C)CC1. The van der Waals surface area contributed by atoms with Crippen molar-refractivity contribution in [1.29, 1.82) is 0 Å². The summed E-state index contributed by atoms with van der Waals surface area (Å²) in [6.45, 7) is 7.90. The molecule has 3 heteroatoms. The van der Waals surface area contributed by atoms with Crippen LogP contribution in [0.25, 0.3) is 0 Å². The van der Waals surface area contributed by atoms with E-state index in [-0.39, 0.29) is 0 Å². The summed E-state index contributed by atoms with van der Waals surface area (Å²) >= 11 is 0. The Kier molecular flexibility index (Phi) is 6.22. The van der Waals surface area contributed by atoms with Gasteiger partial charge in [-0.15, -0.1) is 0 Å². The van der Waals surface area contributed by atoms with Crippen molar-refractivity contribution < 1.29 is 4.74 Å². The molecule has 15 heavy (non-hydrogen) atoms. The largest absolute Gasteiger partial charge is 0.378 e. The van der Waals surface area contributed by atoms with Crippen LogP contribution in [0.15, 0.2) is 0 Å². The van der Waals surface area contributed by atoms with Crippen molar-refractivity contribution >= 4 is 0 Å².